The number of nitrogens with zero attached hydrogens (tertiary/aromatic N) is 2. The average molecular weight is 481 g/mol. The molecule has 0 radical (unpaired) electrons. The molecule has 0 bridgehead atoms. The highest BCUT2D eigenvalue weighted by Gasteiger charge is 2.36. The number of amides is 1. The maximum absolute atomic E-state index is 12.9. The SMILES string of the molecule is O=C(NCc1ccc(S(=O)(=O)C2CCN(CC(F)(F)F)CC2)cc1)c1cc2ccncc2o1. The molecule has 0 aliphatic carbocycles. The number of furan rings is 1. The fraction of sp³-hybridized carbons (Fsp3) is 0.364. The van der Waals surface area contributed by atoms with E-state index in [1.165, 1.54) is 23.2 Å². The minimum absolute atomic E-state index is 0.0887. The van der Waals surface area contributed by atoms with Crippen molar-refractivity contribution in [2.24, 2.45) is 0 Å². The summed E-state index contributed by atoms with van der Waals surface area (Å²) in [5.41, 5.74) is 1.20. The van der Waals surface area contributed by atoms with Crippen molar-refractivity contribution in [2.45, 2.75) is 35.7 Å². The van der Waals surface area contributed by atoms with Crippen LogP contribution in [0.1, 0.15) is 29.0 Å². The van der Waals surface area contributed by atoms with Crippen LogP contribution in [0.4, 0.5) is 13.2 Å². The van der Waals surface area contributed by atoms with Crippen molar-refractivity contribution in [3.63, 3.8) is 0 Å². The van der Waals surface area contributed by atoms with Crippen molar-refractivity contribution in [1.82, 2.24) is 15.2 Å². The third-order valence-electron chi connectivity index (χ3n) is 5.63. The number of carbonyl (C=O) groups excluding carboxylic acids is 1. The number of fused-ring (bicyclic) bond motifs is 1. The summed E-state index contributed by atoms with van der Waals surface area (Å²) in [6.45, 7) is -0.674. The first kappa shape index (κ1) is 23.2. The van der Waals surface area contributed by atoms with Gasteiger partial charge in [0, 0.05) is 18.1 Å². The molecule has 3 heterocycles. The standard InChI is InChI=1S/C22H22F3N3O4S/c23-22(24,25)14-28-9-6-18(7-10-28)33(30,31)17-3-1-15(2-4-17)12-27-21(29)19-11-16-5-8-26-13-20(16)32-19/h1-5,8,11,13,18H,6-7,9-10,12,14H2,(H,27,29). The van der Waals surface area contributed by atoms with E-state index in [9.17, 15) is 26.4 Å². The lowest BCUT2D eigenvalue weighted by atomic mass is 10.1. The minimum Gasteiger partial charge on any atom is -0.449 e. The summed E-state index contributed by atoms with van der Waals surface area (Å²) in [6.07, 6.45) is -0.864. The number of piperidine rings is 1. The number of halogens is 3. The number of sulfone groups is 1. The summed E-state index contributed by atoms with van der Waals surface area (Å²) < 4.78 is 68.9. The van der Waals surface area contributed by atoms with Gasteiger partial charge in [-0.3, -0.25) is 14.7 Å². The van der Waals surface area contributed by atoms with Gasteiger partial charge >= 0.3 is 6.18 Å². The molecule has 11 heteroatoms. The Morgan fingerprint density at radius 2 is 1.85 bits per heavy atom. The number of alkyl halides is 3. The van der Waals surface area contributed by atoms with Gasteiger partial charge in [-0.05, 0) is 55.8 Å². The molecule has 0 unspecified atom stereocenters. The van der Waals surface area contributed by atoms with Gasteiger partial charge in [-0.15, -0.1) is 0 Å². The maximum atomic E-state index is 12.9. The number of rotatable bonds is 6. The van der Waals surface area contributed by atoms with Crippen molar-refractivity contribution in [2.75, 3.05) is 19.6 Å². The third kappa shape index (κ3) is 5.53. The molecule has 4 rings (SSSR count). The highest BCUT2D eigenvalue weighted by atomic mass is 32.2. The molecule has 176 valence electrons. The smallest absolute Gasteiger partial charge is 0.401 e. The lowest BCUT2D eigenvalue weighted by Gasteiger charge is -2.32. The van der Waals surface area contributed by atoms with Crippen molar-refractivity contribution >= 4 is 26.7 Å². The number of hydrogen-bond acceptors (Lipinski definition) is 6. The van der Waals surface area contributed by atoms with Crippen LogP contribution in [0, 0.1) is 0 Å². The number of likely N-dealkylation sites (tertiary alicyclic amines) is 1. The van der Waals surface area contributed by atoms with Crippen molar-refractivity contribution in [1.29, 1.82) is 0 Å². The van der Waals surface area contributed by atoms with Crippen LogP contribution in [-0.4, -0.2) is 55.3 Å². The van der Waals surface area contributed by atoms with Gasteiger partial charge in [0.1, 0.15) is 0 Å². The number of nitrogens with one attached hydrogen (secondary N) is 1. The highest BCUT2D eigenvalue weighted by Crippen LogP contribution is 2.27. The van der Waals surface area contributed by atoms with Gasteiger partial charge in [-0.25, -0.2) is 8.42 Å². The summed E-state index contributed by atoms with van der Waals surface area (Å²) in [5.74, 6) is -0.262. The van der Waals surface area contributed by atoms with Crippen LogP contribution >= 0.6 is 0 Å². The van der Waals surface area contributed by atoms with Crippen molar-refractivity contribution in [3.05, 3.63) is 60.1 Å². The van der Waals surface area contributed by atoms with Gasteiger partial charge in [-0.1, -0.05) is 12.1 Å². The Balaban J connectivity index is 1.34. The van der Waals surface area contributed by atoms with Crippen LogP contribution in [0.3, 0.4) is 0 Å². The second kappa shape index (κ2) is 9.14. The Kier molecular flexibility index (Phi) is 6.44. The molecular weight excluding hydrogens is 459 g/mol. The van der Waals surface area contributed by atoms with E-state index in [0.717, 1.165) is 5.39 Å². The van der Waals surface area contributed by atoms with Gasteiger partial charge < -0.3 is 9.73 Å². The molecule has 1 saturated heterocycles. The van der Waals surface area contributed by atoms with E-state index in [1.807, 2.05) is 0 Å². The summed E-state index contributed by atoms with van der Waals surface area (Å²) in [4.78, 5) is 17.6. The molecule has 1 aromatic carbocycles. The van der Waals surface area contributed by atoms with Crippen LogP contribution in [0.15, 0.2) is 58.1 Å². The van der Waals surface area contributed by atoms with Crippen LogP contribution in [-0.2, 0) is 16.4 Å². The second-order valence-electron chi connectivity index (χ2n) is 7.99. The van der Waals surface area contributed by atoms with Gasteiger partial charge in [0.2, 0.25) is 0 Å². The third-order valence-corrected chi connectivity index (χ3v) is 7.91. The maximum Gasteiger partial charge on any atom is 0.401 e. The largest absolute Gasteiger partial charge is 0.449 e. The van der Waals surface area contributed by atoms with Crippen LogP contribution in [0.5, 0.6) is 0 Å². The fourth-order valence-corrected chi connectivity index (χ4v) is 5.62. The zero-order valence-corrected chi connectivity index (χ0v) is 18.3. The van der Waals surface area contributed by atoms with E-state index < -0.39 is 33.7 Å². The van der Waals surface area contributed by atoms with E-state index in [1.54, 1.807) is 30.5 Å². The number of benzene rings is 1. The minimum atomic E-state index is -4.29. The highest BCUT2D eigenvalue weighted by molar-refractivity contribution is 7.92. The van der Waals surface area contributed by atoms with Crippen LogP contribution < -0.4 is 5.32 Å². The lowest BCUT2D eigenvalue weighted by molar-refractivity contribution is -0.147. The predicted octanol–water partition coefficient (Wildman–Crippen LogP) is 3.56. The average Bonchev–Trinajstić information content (AvgIpc) is 3.21. The van der Waals surface area contributed by atoms with E-state index in [0.29, 0.717) is 11.1 Å². The Morgan fingerprint density at radius 1 is 1.15 bits per heavy atom. The molecule has 0 spiro atoms. The summed E-state index contributed by atoms with van der Waals surface area (Å²) in [5, 5.41) is 2.77. The first-order valence-corrected chi connectivity index (χ1v) is 11.9. The molecule has 1 N–H and O–H groups in total. The normalized spacial score (nSPS) is 16.2. The van der Waals surface area contributed by atoms with Crippen molar-refractivity contribution < 1.29 is 30.8 Å². The van der Waals surface area contributed by atoms with E-state index in [-0.39, 0.29) is 43.1 Å². The topological polar surface area (TPSA) is 92.5 Å². The quantitative estimate of drug-likeness (QED) is 0.579. The van der Waals surface area contributed by atoms with Crippen molar-refractivity contribution in [3.8, 4) is 0 Å². The molecule has 1 aliphatic heterocycles. The van der Waals surface area contributed by atoms with Gasteiger partial charge in [-0.2, -0.15) is 13.2 Å². The molecule has 33 heavy (non-hydrogen) atoms. The van der Waals surface area contributed by atoms with Gasteiger partial charge in [0.05, 0.1) is 22.9 Å². The molecule has 1 fully saturated rings. The molecule has 1 aliphatic rings. The van der Waals surface area contributed by atoms with Crippen LogP contribution in [0.25, 0.3) is 11.0 Å². The predicted molar refractivity (Wildman–Crippen MR) is 114 cm³/mol. The van der Waals surface area contributed by atoms with Gasteiger partial charge in [0.15, 0.2) is 21.2 Å². The van der Waals surface area contributed by atoms with E-state index >= 15 is 0 Å². The molecule has 0 saturated carbocycles. The van der Waals surface area contributed by atoms with E-state index in [2.05, 4.69) is 10.3 Å². The fourth-order valence-electron chi connectivity index (χ4n) is 3.89. The Hall–Kier alpha value is -2.92. The monoisotopic (exact) mass is 481 g/mol. The number of pyridine rings is 1. The molecule has 2 aromatic heterocycles. The first-order chi connectivity index (χ1) is 15.6. The molecule has 3 aromatic rings. The van der Waals surface area contributed by atoms with Gasteiger partial charge in [0.25, 0.3) is 5.91 Å². The molecule has 0 atom stereocenters. The van der Waals surface area contributed by atoms with E-state index in [4.69, 9.17) is 4.42 Å². The summed E-state index contributed by atoms with van der Waals surface area (Å²) in [7, 11) is -3.65. The zero-order valence-electron chi connectivity index (χ0n) is 17.5. The second-order valence-corrected chi connectivity index (χ2v) is 10.2. The number of hydrogen-bond donors (Lipinski definition) is 1. The first-order valence-electron chi connectivity index (χ1n) is 10.4. The lowest BCUT2D eigenvalue weighted by Crippen LogP contribution is -2.43. The van der Waals surface area contributed by atoms with Crippen LogP contribution in [0.2, 0.25) is 0 Å². The molecule has 1 amide bonds. The number of aromatic nitrogens is 1. The zero-order chi connectivity index (χ0) is 23.6. The molecule has 7 nitrogen and oxygen atoms in total. The Morgan fingerprint density at radius 3 is 2.48 bits per heavy atom. The summed E-state index contributed by atoms with van der Waals surface area (Å²) >= 11 is 0. The Bertz CT molecular complexity index is 1200. The Labute approximate surface area is 188 Å². The molecular formula is C22H22F3N3O4S. The summed E-state index contributed by atoms with van der Waals surface area (Å²) in [6, 6.07) is 9.48. The number of carbonyl (C=O) groups is 1.